The van der Waals surface area contributed by atoms with Gasteiger partial charge in [0.2, 0.25) is 0 Å². The van der Waals surface area contributed by atoms with Crippen LogP contribution in [0.25, 0.3) is 0 Å². The first kappa shape index (κ1) is 14.5. The summed E-state index contributed by atoms with van der Waals surface area (Å²) in [6.07, 6.45) is 2.14. The number of carbonyl (C=O) groups excluding carboxylic acids is 1. The van der Waals surface area contributed by atoms with Crippen molar-refractivity contribution in [2.45, 2.75) is 18.9 Å². The zero-order valence-electron chi connectivity index (χ0n) is 10.7. The van der Waals surface area contributed by atoms with Gasteiger partial charge >= 0.3 is 0 Å². The third-order valence-electron chi connectivity index (χ3n) is 3.60. The molecule has 0 aliphatic carbocycles. The van der Waals surface area contributed by atoms with Gasteiger partial charge in [-0.15, -0.1) is 0 Å². The third-order valence-corrected chi connectivity index (χ3v) is 5.74. The quantitative estimate of drug-likeness (QED) is 0.570. The minimum atomic E-state index is 0.143. The summed E-state index contributed by atoms with van der Waals surface area (Å²) >= 11 is 7.38. The van der Waals surface area contributed by atoms with E-state index in [-0.39, 0.29) is 11.9 Å². The van der Waals surface area contributed by atoms with Crippen molar-refractivity contribution in [2.75, 3.05) is 6.54 Å². The second-order valence-corrected chi connectivity index (χ2v) is 7.70. The molecule has 1 fully saturated rings. The Morgan fingerprint density at radius 2 is 2.25 bits per heavy atom. The van der Waals surface area contributed by atoms with Crippen molar-refractivity contribution in [1.29, 1.82) is 0 Å². The SMILES string of the molecule is O=C(c1cc(Br)ccc1I)N1CCCC1c1ccsc1. The van der Waals surface area contributed by atoms with E-state index in [2.05, 4.69) is 55.3 Å². The predicted molar refractivity (Wildman–Crippen MR) is 94.2 cm³/mol. The fourth-order valence-corrected chi connectivity index (χ4v) is 4.27. The molecule has 20 heavy (non-hydrogen) atoms. The van der Waals surface area contributed by atoms with E-state index < -0.39 is 0 Å². The van der Waals surface area contributed by atoms with E-state index in [0.717, 1.165) is 33.0 Å². The molecule has 2 heterocycles. The molecule has 104 valence electrons. The van der Waals surface area contributed by atoms with Gasteiger partial charge in [-0.3, -0.25) is 4.79 Å². The number of rotatable bonds is 2. The average Bonchev–Trinajstić information content (AvgIpc) is 3.10. The number of amides is 1. The van der Waals surface area contributed by atoms with Gasteiger partial charge in [0.1, 0.15) is 0 Å². The number of carbonyl (C=O) groups is 1. The lowest BCUT2D eigenvalue weighted by molar-refractivity contribution is 0.0735. The van der Waals surface area contributed by atoms with Gasteiger partial charge in [-0.2, -0.15) is 11.3 Å². The zero-order valence-corrected chi connectivity index (χ0v) is 15.2. The Morgan fingerprint density at radius 3 is 3.00 bits per heavy atom. The molecule has 2 nitrogen and oxygen atoms in total. The van der Waals surface area contributed by atoms with Gasteiger partial charge in [0, 0.05) is 14.6 Å². The molecule has 1 amide bonds. The highest BCUT2D eigenvalue weighted by atomic mass is 127. The molecule has 1 aliphatic heterocycles. The second kappa shape index (κ2) is 6.15. The van der Waals surface area contributed by atoms with Gasteiger partial charge in [0.05, 0.1) is 11.6 Å². The van der Waals surface area contributed by atoms with Crippen LogP contribution in [0.1, 0.15) is 34.8 Å². The first-order valence-electron chi connectivity index (χ1n) is 6.45. The molecule has 0 saturated carbocycles. The molecule has 0 bridgehead atoms. The highest BCUT2D eigenvalue weighted by Gasteiger charge is 2.31. The fourth-order valence-electron chi connectivity index (χ4n) is 2.64. The molecule has 0 radical (unpaired) electrons. The lowest BCUT2D eigenvalue weighted by Crippen LogP contribution is -2.30. The molecular formula is C15H13BrINOS. The minimum Gasteiger partial charge on any atom is -0.332 e. The lowest BCUT2D eigenvalue weighted by Gasteiger charge is -2.25. The number of benzene rings is 1. The monoisotopic (exact) mass is 461 g/mol. The van der Waals surface area contributed by atoms with Crippen LogP contribution in [0.3, 0.4) is 0 Å². The summed E-state index contributed by atoms with van der Waals surface area (Å²) in [6, 6.07) is 8.25. The van der Waals surface area contributed by atoms with Gasteiger partial charge < -0.3 is 4.90 Å². The molecular weight excluding hydrogens is 449 g/mol. The van der Waals surface area contributed by atoms with E-state index in [4.69, 9.17) is 0 Å². The molecule has 2 aromatic rings. The molecule has 1 aromatic heterocycles. The molecule has 1 unspecified atom stereocenters. The molecule has 0 spiro atoms. The Labute approximate surface area is 144 Å². The average molecular weight is 462 g/mol. The number of likely N-dealkylation sites (tertiary alicyclic amines) is 1. The van der Waals surface area contributed by atoms with Gasteiger partial charge in [0.25, 0.3) is 5.91 Å². The lowest BCUT2D eigenvalue weighted by atomic mass is 10.1. The van der Waals surface area contributed by atoms with Gasteiger partial charge in [-0.05, 0) is 76.0 Å². The van der Waals surface area contributed by atoms with Crippen LogP contribution in [-0.4, -0.2) is 17.4 Å². The first-order valence-corrected chi connectivity index (χ1v) is 9.26. The van der Waals surface area contributed by atoms with Crippen LogP contribution < -0.4 is 0 Å². The van der Waals surface area contributed by atoms with E-state index in [9.17, 15) is 4.79 Å². The summed E-state index contributed by atoms with van der Waals surface area (Å²) in [6.45, 7) is 0.849. The molecule has 1 atom stereocenters. The summed E-state index contributed by atoms with van der Waals surface area (Å²) in [5.74, 6) is 0.143. The number of thiophene rings is 1. The maximum absolute atomic E-state index is 12.8. The molecule has 3 rings (SSSR count). The van der Waals surface area contributed by atoms with Crippen molar-refractivity contribution in [1.82, 2.24) is 4.90 Å². The van der Waals surface area contributed by atoms with Crippen molar-refractivity contribution >= 4 is 55.8 Å². The van der Waals surface area contributed by atoms with Gasteiger partial charge in [-0.25, -0.2) is 0 Å². The molecule has 1 saturated heterocycles. The summed E-state index contributed by atoms with van der Waals surface area (Å²) in [5.41, 5.74) is 2.06. The maximum Gasteiger partial charge on any atom is 0.255 e. The van der Waals surface area contributed by atoms with E-state index >= 15 is 0 Å². The summed E-state index contributed by atoms with van der Waals surface area (Å²) < 4.78 is 1.96. The largest absolute Gasteiger partial charge is 0.332 e. The van der Waals surface area contributed by atoms with E-state index in [1.54, 1.807) is 11.3 Å². The maximum atomic E-state index is 12.8. The normalized spacial score (nSPS) is 18.5. The van der Waals surface area contributed by atoms with Crippen LogP contribution in [0, 0.1) is 3.57 Å². The van der Waals surface area contributed by atoms with Crippen LogP contribution >= 0.6 is 49.9 Å². The Bertz CT molecular complexity index is 629. The Kier molecular flexibility index (Phi) is 4.47. The van der Waals surface area contributed by atoms with Crippen molar-refractivity contribution in [2.24, 2.45) is 0 Å². The Balaban J connectivity index is 1.91. The standard InChI is InChI=1S/C15H13BrINOS/c16-11-3-4-13(17)12(8-11)15(19)18-6-1-2-14(18)10-5-7-20-9-10/h3-5,7-9,14H,1-2,6H2. The Morgan fingerprint density at radius 1 is 1.40 bits per heavy atom. The van der Waals surface area contributed by atoms with Gasteiger partial charge in [0.15, 0.2) is 0 Å². The Hall–Kier alpha value is -0.400. The van der Waals surface area contributed by atoms with E-state index in [1.165, 1.54) is 5.56 Å². The minimum absolute atomic E-state index is 0.143. The molecule has 5 heteroatoms. The van der Waals surface area contributed by atoms with Crippen molar-refractivity contribution in [3.8, 4) is 0 Å². The van der Waals surface area contributed by atoms with Crippen LogP contribution in [0.15, 0.2) is 39.5 Å². The third kappa shape index (κ3) is 2.80. The molecule has 0 N–H and O–H groups in total. The summed E-state index contributed by atoms with van der Waals surface area (Å²) in [7, 11) is 0. The van der Waals surface area contributed by atoms with Crippen LogP contribution in [0.4, 0.5) is 0 Å². The zero-order chi connectivity index (χ0) is 14.1. The highest BCUT2D eigenvalue weighted by molar-refractivity contribution is 14.1. The number of hydrogen-bond donors (Lipinski definition) is 0. The van der Waals surface area contributed by atoms with Crippen molar-refractivity contribution < 1.29 is 4.79 Å². The van der Waals surface area contributed by atoms with Crippen molar-refractivity contribution in [3.63, 3.8) is 0 Å². The molecule has 1 aliphatic rings. The van der Waals surface area contributed by atoms with Crippen molar-refractivity contribution in [3.05, 3.63) is 54.2 Å². The second-order valence-electron chi connectivity index (χ2n) is 4.84. The molecule has 1 aromatic carbocycles. The summed E-state index contributed by atoms with van der Waals surface area (Å²) in [5, 5.41) is 4.24. The van der Waals surface area contributed by atoms with E-state index in [1.807, 2.05) is 23.1 Å². The first-order chi connectivity index (χ1) is 9.66. The topological polar surface area (TPSA) is 20.3 Å². The fraction of sp³-hybridized carbons (Fsp3) is 0.267. The number of halogens is 2. The van der Waals surface area contributed by atoms with E-state index in [0.29, 0.717) is 0 Å². The summed E-state index contributed by atoms with van der Waals surface area (Å²) in [4.78, 5) is 14.8. The van der Waals surface area contributed by atoms with Crippen LogP contribution in [-0.2, 0) is 0 Å². The van der Waals surface area contributed by atoms with Gasteiger partial charge in [-0.1, -0.05) is 15.9 Å². The predicted octanol–water partition coefficient (Wildman–Crippen LogP) is 5.09. The smallest absolute Gasteiger partial charge is 0.255 e. The van der Waals surface area contributed by atoms with Crippen LogP contribution in [0.2, 0.25) is 0 Å². The highest BCUT2D eigenvalue weighted by Crippen LogP contribution is 2.35. The van der Waals surface area contributed by atoms with Crippen LogP contribution in [0.5, 0.6) is 0 Å². The number of hydrogen-bond acceptors (Lipinski definition) is 2. The number of nitrogens with zero attached hydrogens (tertiary/aromatic N) is 1.